The van der Waals surface area contributed by atoms with E-state index in [1.807, 2.05) is 24.3 Å². The van der Waals surface area contributed by atoms with Gasteiger partial charge in [0.1, 0.15) is 10.6 Å². The summed E-state index contributed by atoms with van der Waals surface area (Å²) >= 11 is 5.92. The Bertz CT molecular complexity index is 914. The van der Waals surface area contributed by atoms with Crippen molar-refractivity contribution in [2.75, 3.05) is 26.0 Å². The molecule has 0 spiro atoms. The van der Waals surface area contributed by atoms with Gasteiger partial charge in [0.25, 0.3) is 0 Å². The van der Waals surface area contributed by atoms with Crippen molar-refractivity contribution in [3.05, 3.63) is 53.1 Å². The van der Waals surface area contributed by atoms with Gasteiger partial charge >= 0.3 is 0 Å². The average molecular weight is 425 g/mol. The standard InChI is InChI=1S/C20H25ClN2O4S/c1-4-5-6-15-7-10-17(11-8-15)22-20(24)14-23(2)28(25,26)19-13-16(21)9-12-18(19)27-3/h7-13H,4-6,14H2,1-3H3,(H,22,24). The number of ether oxygens (including phenoxy) is 1. The van der Waals surface area contributed by atoms with Gasteiger partial charge in [-0.25, -0.2) is 8.42 Å². The van der Waals surface area contributed by atoms with Gasteiger partial charge in [-0.2, -0.15) is 4.31 Å². The van der Waals surface area contributed by atoms with Crippen molar-refractivity contribution in [1.29, 1.82) is 0 Å². The number of nitrogens with zero attached hydrogens (tertiary/aromatic N) is 1. The smallest absolute Gasteiger partial charge is 0.247 e. The van der Waals surface area contributed by atoms with E-state index < -0.39 is 15.9 Å². The minimum Gasteiger partial charge on any atom is -0.495 e. The number of benzene rings is 2. The molecule has 2 aromatic rings. The molecule has 152 valence electrons. The number of aryl methyl sites for hydroxylation is 1. The zero-order valence-corrected chi connectivity index (χ0v) is 17.8. The maximum absolute atomic E-state index is 12.8. The second kappa shape index (κ2) is 9.91. The van der Waals surface area contributed by atoms with Crippen LogP contribution in [0.15, 0.2) is 47.4 Å². The molecule has 0 saturated carbocycles. The van der Waals surface area contributed by atoms with E-state index in [1.54, 1.807) is 0 Å². The number of anilines is 1. The van der Waals surface area contributed by atoms with Gasteiger partial charge in [-0.3, -0.25) is 4.79 Å². The molecule has 2 aromatic carbocycles. The number of hydrogen-bond donors (Lipinski definition) is 1. The van der Waals surface area contributed by atoms with Crippen LogP contribution in [0.4, 0.5) is 5.69 Å². The quantitative estimate of drug-likeness (QED) is 0.661. The third-order valence-electron chi connectivity index (χ3n) is 4.24. The summed E-state index contributed by atoms with van der Waals surface area (Å²) in [6, 6.07) is 11.9. The van der Waals surface area contributed by atoms with E-state index in [0.29, 0.717) is 5.69 Å². The van der Waals surface area contributed by atoms with E-state index in [0.717, 1.165) is 23.6 Å². The van der Waals surface area contributed by atoms with E-state index in [4.69, 9.17) is 16.3 Å². The van der Waals surface area contributed by atoms with Crippen molar-refractivity contribution in [1.82, 2.24) is 4.31 Å². The molecular weight excluding hydrogens is 400 g/mol. The van der Waals surface area contributed by atoms with Gasteiger partial charge in [0.15, 0.2) is 0 Å². The minimum absolute atomic E-state index is 0.0851. The monoisotopic (exact) mass is 424 g/mol. The lowest BCUT2D eigenvalue weighted by molar-refractivity contribution is -0.116. The van der Waals surface area contributed by atoms with E-state index in [9.17, 15) is 13.2 Å². The molecule has 2 rings (SSSR count). The van der Waals surface area contributed by atoms with Crippen LogP contribution in [-0.4, -0.2) is 39.3 Å². The van der Waals surface area contributed by atoms with Gasteiger partial charge < -0.3 is 10.1 Å². The molecule has 0 aliphatic carbocycles. The van der Waals surface area contributed by atoms with Crippen molar-refractivity contribution in [2.45, 2.75) is 31.1 Å². The highest BCUT2D eigenvalue weighted by Gasteiger charge is 2.26. The summed E-state index contributed by atoms with van der Waals surface area (Å²) < 4.78 is 31.7. The van der Waals surface area contributed by atoms with Crippen molar-refractivity contribution >= 4 is 33.2 Å². The summed E-state index contributed by atoms with van der Waals surface area (Å²) in [5.74, 6) is -0.271. The van der Waals surface area contributed by atoms with Crippen LogP contribution in [0.3, 0.4) is 0 Å². The highest BCUT2D eigenvalue weighted by molar-refractivity contribution is 7.89. The van der Waals surface area contributed by atoms with Crippen molar-refractivity contribution < 1.29 is 17.9 Å². The lowest BCUT2D eigenvalue weighted by Gasteiger charge is -2.18. The summed E-state index contributed by atoms with van der Waals surface area (Å²) in [5, 5.41) is 2.98. The largest absolute Gasteiger partial charge is 0.495 e. The molecule has 0 radical (unpaired) electrons. The predicted octanol–water partition coefficient (Wildman–Crippen LogP) is 3.95. The number of hydrogen-bond acceptors (Lipinski definition) is 4. The second-order valence-corrected chi connectivity index (χ2v) is 8.85. The van der Waals surface area contributed by atoms with Gasteiger partial charge in [0, 0.05) is 17.8 Å². The average Bonchev–Trinajstić information content (AvgIpc) is 2.67. The highest BCUT2D eigenvalue weighted by atomic mass is 35.5. The van der Waals surface area contributed by atoms with Crippen molar-refractivity contribution in [3.63, 3.8) is 0 Å². The molecule has 0 aliphatic rings. The molecule has 8 heteroatoms. The van der Waals surface area contributed by atoms with Crippen LogP contribution < -0.4 is 10.1 Å². The number of carbonyl (C=O) groups is 1. The van der Waals surface area contributed by atoms with Gasteiger partial charge in [-0.1, -0.05) is 37.1 Å². The number of amides is 1. The Morgan fingerprint density at radius 1 is 1.18 bits per heavy atom. The predicted molar refractivity (Wildman–Crippen MR) is 112 cm³/mol. The van der Waals surface area contributed by atoms with Crippen molar-refractivity contribution in [3.8, 4) is 5.75 Å². The number of halogens is 1. The molecule has 0 aliphatic heterocycles. The lowest BCUT2D eigenvalue weighted by atomic mass is 10.1. The third-order valence-corrected chi connectivity index (χ3v) is 6.30. The summed E-state index contributed by atoms with van der Waals surface area (Å²) in [7, 11) is -1.23. The Balaban J connectivity index is 2.06. The molecule has 0 atom stereocenters. The maximum Gasteiger partial charge on any atom is 0.247 e. The van der Waals surface area contributed by atoms with Crippen LogP contribution in [0.2, 0.25) is 5.02 Å². The fourth-order valence-electron chi connectivity index (χ4n) is 2.64. The summed E-state index contributed by atoms with van der Waals surface area (Å²) in [4.78, 5) is 12.2. The van der Waals surface area contributed by atoms with E-state index in [2.05, 4.69) is 12.2 Å². The first kappa shape index (κ1) is 22.2. The molecular formula is C20H25ClN2O4S. The number of carbonyl (C=O) groups excluding carboxylic acids is 1. The molecule has 0 saturated heterocycles. The van der Waals surface area contributed by atoms with Gasteiger partial charge in [0.2, 0.25) is 15.9 Å². The number of sulfonamides is 1. The Hall–Kier alpha value is -2.09. The normalized spacial score (nSPS) is 11.5. The molecule has 0 bridgehead atoms. The zero-order chi connectivity index (χ0) is 20.7. The molecule has 1 N–H and O–H groups in total. The summed E-state index contributed by atoms with van der Waals surface area (Å²) in [5.41, 5.74) is 1.82. The first-order chi connectivity index (χ1) is 13.3. The molecule has 28 heavy (non-hydrogen) atoms. The van der Waals surface area contributed by atoms with Gasteiger partial charge in [-0.05, 0) is 48.7 Å². The number of methoxy groups -OCH3 is 1. The minimum atomic E-state index is -3.95. The molecule has 0 unspecified atom stereocenters. The third kappa shape index (κ3) is 5.70. The van der Waals surface area contributed by atoms with Crippen LogP contribution in [0.1, 0.15) is 25.3 Å². The number of likely N-dealkylation sites (N-methyl/N-ethyl adjacent to an activating group) is 1. The highest BCUT2D eigenvalue weighted by Crippen LogP contribution is 2.29. The van der Waals surface area contributed by atoms with Crippen LogP contribution in [0, 0.1) is 0 Å². The molecule has 1 amide bonds. The number of unbranched alkanes of at least 4 members (excludes halogenated alkanes) is 1. The first-order valence-corrected chi connectivity index (χ1v) is 10.8. The molecule has 0 heterocycles. The second-order valence-electron chi connectivity index (χ2n) is 6.40. The van der Waals surface area contributed by atoms with Gasteiger partial charge in [-0.15, -0.1) is 0 Å². The molecule has 0 fully saturated rings. The van der Waals surface area contributed by atoms with Crippen molar-refractivity contribution in [2.24, 2.45) is 0 Å². The Morgan fingerprint density at radius 3 is 2.46 bits per heavy atom. The van der Waals surface area contributed by atoms with Crippen LogP contribution in [0.5, 0.6) is 5.75 Å². The fourth-order valence-corrected chi connectivity index (χ4v) is 4.18. The Morgan fingerprint density at radius 2 is 1.86 bits per heavy atom. The van der Waals surface area contributed by atoms with Crippen LogP contribution >= 0.6 is 11.6 Å². The summed E-state index contributed by atoms with van der Waals surface area (Å²) in [6.07, 6.45) is 3.23. The summed E-state index contributed by atoms with van der Waals surface area (Å²) in [6.45, 7) is 1.80. The van der Waals surface area contributed by atoms with E-state index >= 15 is 0 Å². The van der Waals surface area contributed by atoms with Gasteiger partial charge in [0.05, 0.1) is 13.7 Å². The molecule has 6 nitrogen and oxygen atoms in total. The maximum atomic E-state index is 12.8. The topological polar surface area (TPSA) is 75.7 Å². The zero-order valence-electron chi connectivity index (χ0n) is 16.2. The van der Waals surface area contributed by atoms with E-state index in [1.165, 1.54) is 37.9 Å². The number of rotatable bonds is 9. The Labute approximate surface area is 171 Å². The molecule has 0 aromatic heterocycles. The SMILES string of the molecule is CCCCc1ccc(NC(=O)CN(C)S(=O)(=O)c2cc(Cl)ccc2OC)cc1. The first-order valence-electron chi connectivity index (χ1n) is 8.96. The fraction of sp³-hybridized carbons (Fsp3) is 0.350. The lowest BCUT2D eigenvalue weighted by Crippen LogP contribution is -2.35. The van der Waals surface area contributed by atoms with Crippen LogP contribution in [-0.2, 0) is 21.2 Å². The number of nitrogens with one attached hydrogen (secondary N) is 1. The Kier molecular flexibility index (Phi) is 7.86. The van der Waals surface area contributed by atoms with E-state index in [-0.39, 0.29) is 22.2 Å². The van der Waals surface area contributed by atoms with Crippen LogP contribution in [0.25, 0.3) is 0 Å².